The van der Waals surface area contributed by atoms with Crippen LogP contribution in [-0.2, 0) is 27.4 Å². The van der Waals surface area contributed by atoms with Crippen molar-refractivity contribution >= 4 is 33.5 Å². The average molecular weight is 875 g/mol. The molecule has 64 heavy (non-hydrogen) atoms. The van der Waals surface area contributed by atoms with Crippen molar-refractivity contribution in [2.75, 3.05) is 32.8 Å². The van der Waals surface area contributed by atoms with Crippen molar-refractivity contribution in [2.45, 2.75) is 151 Å². The quantitative estimate of drug-likeness (QED) is 0.149. The number of carboxylic acids is 1. The van der Waals surface area contributed by atoms with Crippen molar-refractivity contribution < 1.29 is 28.9 Å². The number of nitrogens with zero attached hydrogens (tertiary/aromatic N) is 2. The zero-order valence-electron chi connectivity index (χ0n) is 40.2. The summed E-state index contributed by atoms with van der Waals surface area (Å²) in [7, 11) is 0. The molecule has 0 atom stereocenters. The van der Waals surface area contributed by atoms with E-state index in [4.69, 9.17) is 14.2 Å². The Bertz CT molecular complexity index is 2140. The molecule has 4 fully saturated rings. The smallest absolute Gasteiger partial charge is 0.309 e. The van der Waals surface area contributed by atoms with Crippen LogP contribution in [0.15, 0.2) is 72.8 Å². The third kappa shape index (κ3) is 13.2. The molecule has 4 aromatic rings. The van der Waals surface area contributed by atoms with Gasteiger partial charge in [0.15, 0.2) is 0 Å². The van der Waals surface area contributed by atoms with E-state index >= 15 is 0 Å². The standard InChI is InChI=1S/C29H41NO3.C27H37NO3/c1-5-32-28(31)22-14-16-30(17-15-22)20-21-6-7-24-19-27(11-8-23(24)18-21)33-26-12-9-25(10-13-26)29(2,3)4;1-27(2,3)23-7-10-24(11-8-23)31-25-9-6-21-16-19(4-5-22(21)17-25)18-28-14-12-20(13-15-28)26(29)30/h6-8,11,18-19,22,25-26H,5,9-10,12-17,20H2,1-4H3;4-6,9,16-17,20,23-24H,7-8,10-15,18H2,1-3H3,(H,29,30). The van der Waals surface area contributed by atoms with Crippen molar-refractivity contribution in [1.29, 1.82) is 0 Å². The van der Waals surface area contributed by atoms with Crippen LogP contribution in [0, 0.1) is 34.5 Å². The Morgan fingerprint density at radius 1 is 0.531 bits per heavy atom. The van der Waals surface area contributed by atoms with Crippen LogP contribution in [0.3, 0.4) is 0 Å². The lowest BCUT2D eigenvalue weighted by Gasteiger charge is -2.37. The Morgan fingerprint density at radius 3 is 1.28 bits per heavy atom. The third-order valence-electron chi connectivity index (χ3n) is 15.1. The number of carbonyl (C=O) groups is 2. The van der Waals surface area contributed by atoms with Gasteiger partial charge in [0.05, 0.1) is 30.7 Å². The Morgan fingerprint density at radius 2 is 0.906 bits per heavy atom. The predicted octanol–water partition coefficient (Wildman–Crippen LogP) is 12.7. The molecule has 0 aromatic heterocycles. The molecule has 2 aliphatic heterocycles. The Hall–Kier alpha value is -4.14. The molecule has 0 radical (unpaired) electrons. The van der Waals surface area contributed by atoms with Crippen molar-refractivity contribution in [1.82, 2.24) is 9.80 Å². The Balaban J connectivity index is 0.000000192. The molecule has 0 bridgehead atoms. The van der Waals surface area contributed by atoms with Gasteiger partial charge in [-0.2, -0.15) is 0 Å². The number of hydrogen-bond donors (Lipinski definition) is 1. The summed E-state index contributed by atoms with van der Waals surface area (Å²) in [6.45, 7) is 21.9. The molecule has 0 amide bonds. The summed E-state index contributed by atoms with van der Waals surface area (Å²) in [4.78, 5) is 27.9. The van der Waals surface area contributed by atoms with Gasteiger partial charge in [-0.15, -0.1) is 0 Å². The number of esters is 1. The van der Waals surface area contributed by atoms with Gasteiger partial charge in [0, 0.05) is 13.1 Å². The molecule has 8 heteroatoms. The third-order valence-corrected chi connectivity index (χ3v) is 15.1. The summed E-state index contributed by atoms with van der Waals surface area (Å²) in [5.41, 5.74) is 3.42. The van der Waals surface area contributed by atoms with Gasteiger partial charge in [0.2, 0.25) is 0 Å². The van der Waals surface area contributed by atoms with Crippen LogP contribution < -0.4 is 9.47 Å². The van der Waals surface area contributed by atoms with Crippen LogP contribution in [0.5, 0.6) is 11.5 Å². The molecule has 0 unspecified atom stereocenters. The lowest BCUT2D eigenvalue weighted by Crippen LogP contribution is -2.36. The van der Waals surface area contributed by atoms with E-state index in [1.807, 2.05) is 6.92 Å². The van der Waals surface area contributed by atoms with Crippen LogP contribution >= 0.6 is 0 Å². The van der Waals surface area contributed by atoms with E-state index in [2.05, 4.69) is 124 Å². The number of fused-ring (bicyclic) bond motifs is 2. The normalized spacial score (nSPS) is 23.3. The van der Waals surface area contributed by atoms with Gasteiger partial charge in [0.25, 0.3) is 0 Å². The summed E-state index contributed by atoms with van der Waals surface area (Å²) in [6.07, 6.45) is 13.6. The van der Waals surface area contributed by atoms with Crippen LogP contribution in [0.4, 0.5) is 0 Å². The average Bonchev–Trinajstić information content (AvgIpc) is 3.27. The zero-order valence-corrected chi connectivity index (χ0v) is 40.2. The fourth-order valence-corrected chi connectivity index (χ4v) is 10.8. The molecule has 2 saturated carbocycles. The number of piperidine rings is 2. The van der Waals surface area contributed by atoms with E-state index in [1.165, 1.54) is 58.4 Å². The highest BCUT2D eigenvalue weighted by Gasteiger charge is 2.32. The second-order valence-corrected chi connectivity index (χ2v) is 21.8. The number of benzene rings is 4. The molecular weight excluding hydrogens is 797 g/mol. The molecule has 2 aliphatic carbocycles. The van der Waals surface area contributed by atoms with Crippen molar-refractivity contribution in [3.05, 3.63) is 83.9 Å². The number of hydrogen-bond acceptors (Lipinski definition) is 7. The highest BCUT2D eigenvalue weighted by Crippen LogP contribution is 2.40. The minimum Gasteiger partial charge on any atom is -0.490 e. The molecule has 4 aromatic carbocycles. The van der Waals surface area contributed by atoms with Gasteiger partial charge in [-0.05, 0) is 202 Å². The van der Waals surface area contributed by atoms with E-state index < -0.39 is 5.97 Å². The van der Waals surface area contributed by atoms with E-state index in [0.717, 1.165) is 114 Å². The number of carboxylic acid groups (broad SMARTS) is 1. The van der Waals surface area contributed by atoms with E-state index in [1.54, 1.807) is 0 Å². The van der Waals surface area contributed by atoms with Crippen molar-refractivity contribution in [2.24, 2.45) is 34.5 Å². The first-order chi connectivity index (χ1) is 30.6. The SMILES string of the molecule is CC(C)(C)C1CCC(Oc2ccc3cc(CN4CCC(C(=O)O)CC4)ccc3c2)CC1.CCOC(=O)C1CCN(Cc2ccc3cc(OC4CCC(C(C)(C)C)CC4)ccc3c2)CC1. The van der Waals surface area contributed by atoms with Crippen LogP contribution in [0.25, 0.3) is 21.5 Å². The highest BCUT2D eigenvalue weighted by molar-refractivity contribution is 5.85. The van der Waals surface area contributed by atoms with E-state index in [-0.39, 0.29) is 17.8 Å². The summed E-state index contributed by atoms with van der Waals surface area (Å²) >= 11 is 0. The maximum atomic E-state index is 12.0. The minimum absolute atomic E-state index is 0.0249. The lowest BCUT2D eigenvalue weighted by molar-refractivity contribution is -0.149. The number of aliphatic carboxylic acids is 1. The van der Waals surface area contributed by atoms with E-state index in [0.29, 0.717) is 29.6 Å². The number of ether oxygens (including phenoxy) is 3. The van der Waals surface area contributed by atoms with Gasteiger partial charge in [0.1, 0.15) is 11.5 Å². The van der Waals surface area contributed by atoms with Crippen molar-refractivity contribution in [3.63, 3.8) is 0 Å². The van der Waals surface area contributed by atoms with Gasteiger partial charge < -0.3 is 19.3 Å². The largest absolute Gasteiger partial charge is 0.490 e. The molecule has 8 nitrogen and oxygen atoms in total. The molecule has 2 heterocycles. The number of carbonyl (C=O) groups excluding carboxylic acids is 1. The fraction of sp³-hybridized carbons (Fsp3) is 0.607. The second-order valence-electron chi connectivity index (χ2n) is 21.8. The first-order valence-corrected chi connectivity index (χ1v) is 24.8. The van der Waals surface area contributed by atoms with Crippen LogP contribution in [0.2, 0.25) is 0 Å². The molecule has 1 N–H and O–H groups in total. The summed E-state index contributed by atoms with van der Waals surface area (Å²) in [5.74, 6) is 2.81. The minimum atomic E-state index is -0.648. The molecule has 8 rings (SSSR count). The van der Waals surface area contributed by atoms with Gasteiger partial charge in [-0.1, -0.05) is 77.9 Å². The molecule has 2 saturated heterocycles. The topological polar surface area (TPSA) is 88.5 Å². The number of rotatable bonds is 11. The summed E-state index contributed by atoms with van der Waals surface area (Å²) < 4.78 is 17.9. The molecule has 4 aliphatic rings. The number of likely N-dealkylation sites (tertiary alicyclic amines) is 2. The maximum absolute atomic E-state index is 12.0. The molecule has 348 valence electrons. The molecule has 0 spiro atoms. The van der Waals surface area contributed by atoms with Gasteiger partial charge in [-0.3, -0.25) is 19.4 Å². The van der Waals surface area contributed by atoms with E-state index in [9.17, 15) is 14.7 Å². The van der Waals surface area contributed by atoms with Gasteiger partial charge >= 0.3 is 11.9 Å². The fourth-order valence-electron chi connectivity index (χ4n) is 10.8. The van der Waals surface area contributed by atoms with Crippen LogP contribution in [0.1, 0.15) is 137 Å². The summed E-state index contributed by atoms with van der Waals surface area (Å²) in [6, 6.07) is 26.4. The van der Waals surface area contributed by atoms with Gasteiger partial charge in [-0.25, -0.2) is 0 Å². The highest BCUT2D eigenvalue weighted by atomic mass is 16.5. The van der Waals surface area contributed by atoms with Crippen LogP contribution in [-0.4, -0.2) is 71.8 Å². The monoisotopic (exact) mass is 875 g/mol. The molecular formula is C56H78N2O6. The van der Waals surface area contributed by atoms with Crippen molar-refractivity contribution in [3.8, 4) is 11.5 Å². The first-order valence-electron chi connectivity index (χ1n) is 24.8. The second kappa shape index (κ2) is 21.4. The summed E-state index contributed by atoms with van der Waals surface area (Å²) in [5, 5.41) is 14.1. The first kappa shape index (κ1) is 47.8. The lowest BCUT2D eigenvalue weighted by atomic mass is 9.72. The predicted molar refractivity (Wildman–Crippen MR) is 260 cm³/mol. The maximum Gasteiger partial charge on any atom is 0.309 e. The Labute approximate surface area is 384 Å². The Kier molecular flexibility index (Phi) is 16.0. The zero-order chi connectivity index (χ0) is 45.4.